The number of hydrogen-bond donors (Lipinski definition) is 1. The maximum atomic E-state index is 11.5. The van der Waals surface area contributed by atoms with Gasteiger partial charge in [0.05, 0.1) is 6.54 Å². The zero-order valence-corrected chi connectivity index (χ0v) is 10.6. The van der Waals surface area contributed by atoms with Crippen LogP contribution in [0.15, 0.2) is 0 Å². The van der Waals surface area contributed by atoms with E-state index in [2.05, 4.69) is 5.32 Å². The third-order valence-electron chi connectivity index (χ3n) is 2.01. The normalized spacial score (nSPS) is 10.3. The summed E-state index contributed by atoms with van der Waals surface area (Å²) >= 11 is 0. The van der Waals surface area contributed by atoms with Crippen molar-refractivity contribution in [2.24, 2.45) is 0 Å². The minimum Gasteiger partial charge on any atom is -0.385 e. The molecule has 5 heteroatoms. The van der Waals surface area contributed by atoms with E-state index in [0.717, 1.165) is 6.42 Å². The highest BCUT2D eigenvalue weighted by atomic mass is 16.5. The molecule has 0 aliphatic carbocycles. The summed E-state index contributed by atoms with van der Waals surface area (Å²) < 4.78 is 4.90. The first-order valence-corrected chi connectivity index (χ1v) is 5.51. The Morgan fingerprint density at radius 2 is 2.00 bits per heavy atom. The Morgan fingerprint density at radius 1 is 1.38 bits per heavy atom. The Bertz CT molecular complexity index is 229. The summed E-state index contributed by atoms with van der Waals surface area (Å²) in [5.74, 6) is -0.211. The van der Waals surface area contributed by atoms with E-state index in [1.165, 1.54) is 11.8 Å². The van der Waals surface area contributed by atoms with Gasteiger partial charge in [0.15, 0.2) is 0 Å². The van der Waals surface area contributed by atoms with Crippen LogP contribution in [-0.2, 0) is 14.3 Å². The molecular weight excluding hydrogens is 208 g/mol. The molecule has 0 saturated heterocycles. The van der Waals surface area contributed by atoms with Gasteiger partial charge in [-0.05, 0) is 20.3 Å². The van der Waals surface area contributed by atoms with E-state index in [1.807, 2.05) is 13.8 Å². The lowest BCUT2D eigenvalue weighted by Crippen LogP contribution is -2.42. The summed E-state index contributed by atoms with van der Waals surface area (Å²) in [6.45, 7) is 6.51. The second-order valence-electron chi connectivity index (χ2n) is 4.01. The van der Waals surface area contributed by atoms with Gasteiger partial charge in [0.25, 0.3) is 0 Å². The third kappa shape index (κ3) is 7.23. The molecule has 0 aromatic carbocycles. The monoisotopic (exact) mass is 230 g/mol. The van der Waals surface area contributed by atoms with Gasteiger partial charge >= 0.3 is 0 Å². The first-order chi connectivity index (χ1) is 7.47. The molecule has 0 saturated carbocycles. The number of ether oxygens (including phenoxy) is 1. The lowest BCUT2D eigenvalue weighted by molar-refractivity contribution is -0.134. The second kappa shape index (κ2) is 8.10. The number of hydrogen-bond acceptors (Lipinski definition) is 3. The summed E-state index contributed by atoms with van der Waals surface area (Å²) in [6.07, 6.45) is 0.741. The van der Waals surface area contributed by atoms with Crippen LogP contribution in [0.3, 0.4) is 0 Å². The molecule has 94 valence electrons. The largest absolute Gasteiger partial charge is 0.385 e. The maximum absolute atomic E-state index is 11.5. The standard InChI is InChI=1S/C11H22N2O3/c1-9(2)12-11(15)8-13(10(3)14)6-5-7-16-4/h9H,5-8H2,1-4H3,(H,12,15). The topological polar surface area (TPSA) is 58.6 Å². The molecule has 0 unspecified atom stereocenters. The highest BCUT2D eigenvalue weighted by molar-refractivity contribution is 5.83. The van der Waals surface area contributed by atoms with Gasteiger partial charge in [0.1, 0.15) is 0 Å². The number of nitrogens with one attached hydrogen (secondary N) is 1. The van der Waals surface area contributed by atoms with Crippen LogP contribution < -0.4 is 5.32 Å². The average Bonchev–Trinajstić information content (AvgIpc) is 2.15. The van der Waals surface area contributed by atoms with Crippen LogP contribution >= 0.6 is 0 Å². The Labute approximate surface area is 97.1 Å². The summed E-state index contributed by atoms with van der Waals surface area (Å²) in [5, 5.41) is 2.75. The fraction of sp³-hybridized carbons (Fsp3) is 0.818. The van der Waals surface area contributed by atoms with E-state index in [4.69, 9.17) is 4.74 Å². The van der Waals surface area contributed by atoms with Gasteiger partial charge in [0, 0.05) is 33.2 Å². The van der Waals surface area contributed by atoms with E-state index in [1.54, 1.807) is 7.11 Å². The highest BCUT2D eigenvalue weighted by Gasteiger charge is 2.13. The molecule has 0 aromatic rings. The quantitative estimate of drug-likeness (QED) is 0.644. The fourth-order valence-corrected chi connectivity index (χ4v) is 1.29. The van der Waals surface area contributed by atoms with E-state index in [9.17, 15) is 9.59 Å². The van der Waals surface area contributed by atoms with Crippen LogP contribution in [0.2, 0.25) is 0 Å². The van der Waals surface area contributed by atoms with Gasteiger partial charge in [-0.15, -0.1) is 0 Å². The van der Waals surface area contributed by atoms with Crippen LogP contribution in [0.1, 0.15) is 27.2 Å². The zero-order valence-electron chi connectivity index (χ0n) is 10.6. The number of amides is 2. The molecular formula is C11H22N2O3. The first-order valence-electron chi connectivity index (χ1n) is 5.51. The van der Waals surface area contributed by atoms with Crippen molar-refractivity contribution in [2.75, 3.05) is 26.8 Å². The Hall–Kier alpha value is -1.10. The van der Waals surface area contributed by atoms with Gasteiger partial charge in [-0.25, -0.2) is 0 Å². The molecule has 1 N–H and O–H groups in total. The van der Waals surface area contributed by atoms with E-state index >= 15 is 0 Å². The smallest absolute Gasteiger partial charge is 0.239 e. The van der Waals surface area contributed by atoms with Crippen molar-refractivity contribution in [2.45, 2.75) is 33.2 Å². The van der Waals surface area contributed by atoms with Crippen molar-refractivity contribution in [1.29, 1.82) is 0 Å². The van der Waals surface area contributed by atoms with Crippen LogP contribution in [0, 0.1) is 0 Å². The van der Waals surface area contributed by atoms with Gasteiger partial charge in [-0.1, -0.05) is 0 Å². The molecule has 0 aliphatic heterocycles. The number of rotatable bonds is 7. The molecule has 0 aromatic heterocycles. The van der Waals surface area contributed by atoms with Crippen molar-refractivity contribution in [3.8, 4) is 0 Å². The molecule has 0 bridgehead atoms. The number of nitrogens with zero attached hydrogens (tertiary/aromatic N) is 1. The zero-order chi connectivity index (χ0) is 12.6. The minimum atomic E-state index is -0.123. The molecule has 0 radical (unpaired) electrons. The molecule has 0 spiro atoms. The number of carbonyl (C=O) groups is 2. The third-order valence-corrected chi connectivity index (χ3v) is 2.01. The first kappa shape index (κ1) is 14.9. The van der Waals surface area contributed by atoms with Crippen LogP contribution in [0.4, 0.5) is 0 Å². The van der Waals surface area contributed by atoms with Gasteiger partial charge < -0.3 is 15.0 Å². The summed E-state index contributed by atoms with van der Waals surface area (Å²) in [7, 11) is 1.61. The Balaban J connectivity index is 4.02. The predicted octanol–water partition coefficient (Wildman–Crippen LogP) is 0.396. The predicted molar refractivity (Wildman–Crippen MR) is 62.0 cm³/mol. The molecule has 0 aliphatic rings. The summed E-state index contributed by atoms with van der Waals surface area (Å²) in [6, 6.07) is 0.0975. The van der Waals surface area contributed by atoms with Crippen molar-refractivity contribution in [3.63, 3.8) is 0 Å². The molecule has 2 amide bonds. The molecule has 0 rings (SSSR count). The number of carbonyl (C=O) groups excluding carboxylic acids is 2. The van der Waals surface area contributed by atoms with Crippen molar-refractivity contribution < 1.29 is 14.3 Å². The molecule has 16 heavy (non-hydrogen) atoms. The fourth-order valence-electron chi connectivity index (χ4n) is 1.29. The van der Waals surface area contributed by atoms with Crippen LogP contribution in [0.5, 0.6) is 0 Å². The van der Waals surface area contributed by atoms with Crippen molar-refractivity contribution >= 4 is 11.8 Å². The molecule has 0 fully saturated rings. The van der Waals surface area contributed by atoms with Crippen LogP contribution in [-0.4, -0.2) is 49.6 Å². The molecule has 0 heterocycles. The lowest BCUT2D eigenvalue weighted by Gasteiger charge is -2.21. The molecule has 5 nitrogen and oxygen atoms in total. The van der Waals surface area contributed by atoms with E-state index in [-0.39, 0.29) is 24.4 Å². The van der Waals surface area contributed by atoms with Crippen LogP contribution in [0.25, 0.3) is 0 Å². The van der Waals surface area contributed by atoms with E-state index in [0.29, 0.717) is 13.2 Å². The lowest BCUT2D eigenvalue weighted by atomic mass is 10.3. The van der Waals surface area contributed by atoms with Crippen molar-refractivity contribution in [3.05, 3.63) is 0 Å². The van der Waals surface area contributed by atoms with Crippen molar-refractivity contribution in [1.82, 2.24) is 10.2 Å². The Kier molecular flexibility index (Phi) is 7.54. The SMILES string of the molecule is COCCCN(CC(=O)NC(C)C)C(C)=O. The summed E-state index contributed by atoms with van der Waals surface area (Å²) in [4.78, 5) is 24.3. The summed E-state index contributed by atoms with van der Waals surface area (Å²) in [5.41, 5.74) is 0. The highest BCUT2D eigenvalue weighted by Crippen LogP contribution is 1.94. The maximum Gasteiger partial charge on any atom is 0.239 e. The van der Waals surface area contributed by atoms with E-state index < -0.39 is 0 Å². The van der Waals surface area contributed by atoms with Gasteiger partial charge in [-0.2, -0.15) is 0 Å². The van der Waals surface area contributed by atoms with Gasteiger partial charge in [-0.3, -0.25) is 9.59 Å². The Morgan fingerprint density at radius 3 is 2.44 bits per heavy atom. The number of methoxy groups -OCH3 is 1. The second-order valence-corrected chi connectivity index (χ2v) is 4.01. The average molecular weight is 230 g/mol. The minimum absolute atomic E-state index is 0.0880. The van der Waals surface area contributed by atoms with Gasteiger partial charge in [0.2, 0.25) is 11.8 Å². The molecule has 0 atom stereocenters.